The van der Waals surface area contributed by atoms with E-state index in [0.29, 0.717) is 6.10 Å². The molecule has 1 saturated carbocycles. The van der Waals surface area contributed by atoms with Crippen LogP contribution in [0, 0.1) is 13.8 Å². The highest BCUT2D eigenvalue weighted by Gasteiger charge is 2.12. The Balaban J connectivity index is 0.00000364. The van der Waals surface area contributed by atoms with E-state index in [1.165, 1.54) is 44.2 Å². The number of aryl methyl sites for hydroxylation is 3. The lowest BCUT2D eigenvalue weighted by Crippen LogP contribution is -2.39. The van der Waals surface area contributed by atoms with Gasteiger partial charge in [-0.25, -0.2) is 0 Å². The SMILES string of the molecule is CCNC(=NCCCn1nc(C)cc1C)NCCOC1CCCCCC1.I. The first-order chi connectivity index (χ1) is 12.7. The Morgan fingerprint density at radius 3 is 2.59 bits per heavy atom. The summed E-state index contributed by atoms with van der Waals surface area (Å²) < 4.78 is 8.09. The van der Waals surface area contributed by atoms with Gasteiger partial charge in [-0.2, -0.15) is 5.10 Å². The quantitative estimate of drug-likeness (QED) is 0.181. The molecule has 0 radical (unpaired) electrons. The lowest BCUT2D eigenvalue weighted by atomic mass is 10.1. The third-order valence-electron chi connectivity index (χ3n) is 4.80. The average Bonchev–Trinajstić information content (AvgIpc) is 2.80. The highest BCUT2D eigenvalue weighted by atomic mass is 127. The molecule has 7 heteroatoms. The number of guanidine groups is 1. The second-order valence-corrected chi connectivity index (χ2v) is 7.18. The van der Waals surface area contributed by atoms with Crippen molar-refractivity contribution in [2.24, 2.45) is 4.99 Å². The molecule has 2 N–H and O–H groups in total. The lowest BCUT2D eigenvalue weighted by molar-refractivity contribution is 0.0468. The molecule has 0 atom stereocenters. The molecule has 6 nitrogen and oxygen atoms in total. The number of nitrogens with one attached hydrogen (secondary N) is 2. The Morgan fingerprint density at radius 1 is 1.22 bits per heavy atom. The monoisotopic (exact) mass is 491 g/mol. The van der Waals surface area contributed by atoms with Gasteiger partial charge < -0.3 is 15.4 Å². The Morgan fingerprint density at radius 2 is 1.96 bits per heavy atom. The van der Waals surface area contributed by atoms with Crippen molar-refractivity contribution < 1.29 is 4.74 Å². The third-order valence-corrected chi connectivity index (χ3v) is 4.80. The second kappa shape index (κ2) is 14.2. The fourth-order valence-corrected chi connectivity index (χ4v) is 3.46. The van der Waals surface area contributed by atoms with E-state index in [4.69, 9.17) is 4.74 Å². The molecule has 0 spiro atoms. The van der Waals surface area contributed by atoms with E-state index in [2.05, 4.69) is 45.3 Å². The summed E-state index contributed by atoms with van der Waals surface area (Å²) >= 11 is 0. The maximum Gasteiger partial charge on any atom is 0.191 e. The first-order valence-corrected chi connectivity index (χ1v) is 10.3. The summed E-state index contributed by atoms with van der Waals surface area (Å²) in [6, 6.07) is 2.11. The molecule has 1 heterocycles. The molecule has 2 rings (SSSR count). The molecule has 0 aliphatic heterocycles. The number of aromatic nitrogens is 2. The maximum atomic E-state index is 6.03. The fraction of sp³-hybridized carbons (Fsp3) is 0.800. The highest BCUT2D eigenvalue weighted by molar-refractivity contribution is 14.0. The third kappa shape index (κ3) is 9.78. The average molecular weight is 491 g/mol. The summed E-state index contributed by atoms with van der Waals surface area (Å²) in [5.74, 6) is 0.880. The molecule has 1 aliphatic rings. The summed E-state index contributed by atoms with van der Waals surface area (Å²) in [4.78, 5) is 4.66. The lowest BCUT2D eigenvalue weighted by Gasteiger charge is -2.16. The largest absolute Gasteiger partial charge is 0.376 e. The molecule has 0 unspecified atom stereocenters. The zero-order valence-corrected chi connectivity index (χ0v) is 19.6. The van der Waals surface area contributed by atoms with E-state index in [1.807, 2.05) is 6.92 Å². The van der Waals surface area contributed by atoms with Gasteiger partial charge in [0.1, 0.15) is 0 Å². The van der Waals surface area contributed by atoms with Crippen LogP contribution in [0.3, 0.4) is 0 Å². The number of nitrogens with zero attached hydrogens (tertiary/aromatic N) is 3. The molecule has 0 bridgehead atoms. The van der Waals surface area contributed by atoms with Crippen molar-refractivity contribution in [3.63, 3.8) is 0 Å². The van der Waals surface area contributed by atoms with Crippen LogP contribution in [0.4, 0.5) is 0 Å². The van der Waals surface area contributed by atoms with Crippen LogP contribution in [0.15, 0.2) is 11.1 Å². The van der Waals surface area contributed by atoms with Crippen LogP contribution < -0.4 is 10.6 Å². The molecule has 0 saturated heterocycles. The minimum Gasteiger partial charge on any atom is -0.376 e. The molecular weight excluding hydrogens is 453 g/mol. The number of aliphatic imine (C=N–C) groups is 1. The molecule has 0 aromatic carbocycles. The summed E-state index contributed by atoms with van der Waals surface area (Å²) in [6.45, 7) is 10.3. The molecule has 1 aliphatic carbocycles. The van der Waals surface area contributed by atoms with Gasteiger partial charge in [-0.05, 0) is 46.1 Å². The van der Waals surface area contributed by atoms with Gasteiger partial charge in [0.2, 0.25) is 0 Å². The van der Waals surface area contributed by atoms with Gasteiger partial charge in [0.05, 0.1) is 18.4 Å². The van der Waals surface area contributed by atoms with Gasteiger partial charge in [0.25, 0.3) is 0 Å². The second-order valence-electron chi connectivity index (χ2n) is 7.18. The van der Waals surface area contributed by atoms with Crippen molar-refractivity contribution in [3.05, 3.63) is 17.5 Å². The summed E-state index contributed by atoms with van der Waals surface area (Å²) in [5.41, 5.74) is 2.29. The zero-order valence-electron chi connectivity index (χ0n) is 17.3. The van der Waals surface area contributed by atoms with E-state index in [9.17, 15) is 0 Å². The van der Waals surface area contributed by atoms with Gasteiger partial charge in [-0.1, -0.05) is 25.7 Å². The molecule has 1 aromatic heterocycles. The minimum atomic E-state index is 0. The highest BCUT2D eigenvalue weighted by Crippen LogP contribution is 2.19. The fourth-order valence-electron chi connectivity index (χ4n) is 3.46. The molecule has 0 amide bonds. The zero-order chi connectivity index (χ0) is 18.6. The Labute approximate surface area is 181 Å². The molecular formula is C20H38IN5O. The molecule has 1 aromatic rings. The number of halogens is 1. The van der Waals surface area contributed by atoms with Crippen LogP contribution in [-0.2, 0) is 11.3 Å². The normalized spacial score (nSPS) is 15.9. The smallest absolute Gasteiger partial charge is 0.191 e. The maximum absolute atomic E-state index is 6.03. The predicted molar refractivity (Wildman–Crippen MR) is 123 cm³/mol. The van der Waals surface area contributed by atoms with E-state index in [-0.39, 0.29) is 24.0 Å². The van der Waals surface area contributed by atoms with Crippen LogP contribution in [0.25, 0.3) is 0 Å². The topological polar surface area (TPSA) is 63.5 Å². The number of rotatable bonds is 9. The van der Waals surface area contributed by atoms with E-state index >= 15 is 0 Å². The van der Waals surface area contributed by atoms with Crippen molar-refractivity contribution in [1.82, 2.24) is 20.4 Å². The van der Waals surface area contributed by atoms with Gasteiger partial charge in [-0.15, -0.1) is 24.0 Å². The summed E-state index contributed by atoms with van der Waals surface area (Å²) in [7, 11) is 0. The van der Waals surface area contributed by atoms with Gasteiger partial charge in [-0.3, -0.25) is 9.67 Å². The van der Waals surface area contributed by atoms with Crippen LogP contribution >= 0.6 is 24.0 Å². The van der Waals surface area contributed by atoms with Crippen molar-refractivity contribution in [1.29, 1.82) is 0 Å². The molecule has 156 valence electrons. The van der Waals surface area contributed by atoms with Crippen molar-refractivity contribution in [3.8, 4) is 0 Å². The van der Waals surface area contributed by atoms with Gasteiger partial charge in [0.15, 0.2) is 5.96 Å². The van der Waals surface area contributed by atoms with Crippen LogP contribution in [-0.4, -0.2) is 48.1 Å². The predicted octanol–water partition coefficient (Wildman–Crippen LogP) is 3.80. The van der Waals surface area contributed by atoms with E-state index in [1.54, 1.807) is 0 Å². The van der Waals surface area contributed by atoms with Crippen LogP contribution in [0.1, 0.15) is 63.3 Å². The summed E-state index contributed by atoms with van der Waals surface area (Å²) in [5, 5.41) is 11.2. The Hall–Kier alpha value is -0.830. The number of hydrogen-bond acceptors (Lipinski definition) is 3. The van der Waals surface area contributed by atoms with Crippen molar-refractivity contribution in [2.75, 3.05) is 26.2 Å². The first-order valence-electron chi connectivity index (χ1n) is 10.3. The molecule has 27 heavy (non-hydrogen) atoms. The van der Waals surface area contributed by atoms with E-state index in [0.717, 1.165) is 50.9 Å². The Kier molecular flexibility index (Phi) is 12.7. The summed E-state index contributed by atoms with van der Waals surface area (Å²) in [6.07, 6.45) is 9.26. The van der Waals surface area contributed by atoms with Crippen molar-refractivity contribution >= 4 is 29.9 Å². The van der Waals surface area contributed by atoms with E-state index < -0.39 is 0 Å². The van der Waals surface area contributed by atoms with Gasteiger partial charge in [0, 0.05) is 31.9 Å². The van der Waals surface area contributed by atoms with Crippen molar-refractivity contribution in [2.45, 2.75) is 78.4 Å². The number of hydrogen-bond donors (Lipinski definition) is 2. The number of ether oxygens (including phenoxy) is 1. The minimum absolute atomic E-state index is 0. The van der Waals surface area contributed by atoms with Gasteiger partial charge >= 0.3 is 0 Å². The standard InChI is InChI=1S/C20H37N5O.HI/c1-4-21-20(22-12-9-14-25-18(3)16-17(2)24-25)23-13-15-26-19-10-7-5-6-8-11-19;/h16,19H,4-15H2,1-3H3,(H2,21,22,23);1H. The van der Waals surface area contributed by atoms with Crippen LogP contribution in [0.5, 0.6) is 0 Å². The Bertz CT molecular complexity index is 538. The first kappa shape index (κ1) is 24.2. The molecule has 1 fully saturated rings. The van der Waals surface area contributed by atoms with Crippen LogP contribution in [0.2, 0.25) is 0 Å².